The highest BCUT2D eigenvalue weighted by Gasteiger charge is 2.25. The Morgan fingerprint density at radius 2 is 1.91 bits per heavy atom. The molecule has 1 aliphatic heterocycles. The van der Waals surface area contributed by atoms with Crippen LogP contribution in [-0.2, 0) is 0 Å². The van der Waals surface area contributed by atoms with Crippen LogP contribution in [0.5, 0.6) is 0 Å². The van der Waals surface area contributed by atoms with Crippen LogP contribution >= 0.6 is 0 Å². The largest absolute Gasteiger partial charge is 0.352 e. The van der Waals surface area contributed by atoms with Crippen LogP contribution in [0.15, 0.2) is 42.9 Å². The molecule has 1 aromatic carbocycles. The van der Waals surface area contributed by atoms with E-state index in [1.807, 2.05) is 29.2 Å². The van der Waals surface area contributed by atoms with Crippen LogP contribution in [0.3, 0.4) is 0 Å². The maximum Gasteiger partial charge on any atom is 0.275 e. The third kappa shape index (κ3) is 2.50. The van der Waals surface area contributed by atoms with Gasteiger partial charge in [0.25, 0.3) is 5.91 Å². The van der Waals surface area contributed by atoms with Gasteiger partial charge in [-0.2, -0.15) is 5.10 Å². The van der Waals surface area contributed by atoms with Crippen LogP contribution in [0.25, 0.3) is 10.9 Å². The van der Waals surface area contributed by atoms with Crippen LogP contribution in [-0.4, -0.2) is 57.2 Å². The van der Waals surface area contributed by atoms with Gasteiger partial charge in [0, 0.05) is 44.0 Å². The quantitative estimate of drug-likeness (QED) is 0.772. The Morgan fingerprint density at radius 1 is 1.09 bits per heavy atom. The summed E-state index contributed by atoms with van der Waals surface area (Å²) in [5.41, 5.74) is 1.38. The summed E-state index contributed by atoms with van der Waals surface area (Å²) in [6, 6.07) is 7.68. The minimum absolute atomic E-state index is 0.0266. The van der Waals surface area contributed by atoms with E-state index in [4.69, 9.17) is 0 Å². The highest BCUT2D eigenvalue weighted by molar-refractivity contribution is 6.04. The summed E-state index contributed by atoms with van der Waals surface area (Å²) in [5, 5.41) is 7.98. The number of H-pyrrole nitrogens is 1. The van der Waals surface area contributed by atoms with Crippen molar-refractivity contribution in [2.45, 2.75) is 0 Å². The number of aromatic nitrogens is 4. The molecule has 23 heavy (non-hydrogen) atoms. The molecule has 3 heterocycles. The second-order valence-corrected chi connectivity index (χ2v) is 5.46. The number of anilines is 1. The van der Waals surface area contributed by atoms with Crippen molar-refractivity contribution in [3.05, 3.63) is 48.5 Å². The van der Waals surface area contributed by atoms with E-state index in [-0.39, 0.29) is 5.91 Å². The fourth-order valence-electron chi connectivity index (χ4n) is 2.87. The molecule has 0 radical (unpaired) electrons. The van der Waals surface area contributed by atoms with Gasteiger partial charge in [-0.05, 0) is 6.07 Å². The minimum atomic E-state index is -0.0266. The number of fused-ring (bicyclic) bond motifs is 1. The number of nitrogens with one attached hydrogen (secondary N) is 1. The first-order chi connectivity index (χ1) is 11.3. The fraction of sp³-hybridized carbons (Fsp3) is 0.250. The van der Waals surface area contributed by atoms with Crippen molar-refractivity contribution in [1.29, 1.82) is 0 Å². The molecular weight excluding hydrogens is 292 g/mol. The summed E-state index contributed by atoms with van der Waals surface area (Å²) in [7, 11) is 0. The number of amides is 1. The molecule has 1 aliphatic rings. The molecule has 4 rings (SSSR count). The number of nitrogens with zero attached hydrogens (tertiary/aromatic N) is 5. The lowest BCUT2D eigenvalue weighted by Gasteiger charge is -2.34. The molecule has 0 saturated carbocycles. The van der Waals surface area contributed by atoms with Gasteiger partial charge in [0.1, 0.15) is 5.82 Å². The Bertz CT molecular complexity index is 823. The number of carbonyl (C=O) groups is 1. The lowest BCUT2D eigenvalue weighted by molar-refractivity contribution is 0.0742. The van der Waals surface area contributed by atoms with Gasteiger partial charge in [-0.1, -0.05) is 18.2 Å². The zero-order valence-corrected chi connectivity index (χ0v) is 12.5. The van der Waals surface area contributed by atoms with Crippen molar-refractivity contribution in [2.75, 3.05) is 31.1 Å². The van der Waals surface area contributed by atoms with Crippen molar-refractivity contribution in [3.63, 3.8) is 0 Å². The molecule has 0 aliphatic carbocycles. The van der Waals surface area contributed by atoms with Gasteiger partial charge in [0.05, 0.1) is 11.7 Å². The Balaban J connectivity index is 1.49. The van der Waals surface area contributed by atoms with Gasteiger partial charge in [0.2, 0.25) is 0 Å². The molecule has 2 aromatic heterocycles. The number of hydrogen-bond donors (Lipinski definition) is 1. The molecular formula is C16H16N6O. The second-order valence-electron chi connectivity index (χ2n) is 5.46. The van der Waals surface area contributed by atoms with Gasteiger partial charge in [-0.15, -0.1) is 0 Å². The summed E-state index contributed by atoms with van der Waals surface area (Å²) in [6.45, 7) is 2.78. The van der Waals surface area contributed by atoms with E-state index >= 15 is 0 Å². The first-order valence-electron chi connectivity index (χ1n) is 7.56. The van der Waals surface area contributed by atoms with Gasteiger partial charge in [-0.3, -0.25) is 14.9 Å². The minimum Gasteiger partial charge on any atom is -0.352 e. The molecule has 0 bridgehead atoms. The first-order valence-corrected chi connectivity index (χ1v) is 7.56. The average molecular weight is 308 g/mol. The van der Waals surface area contributed by atoms with Crippen LogP contribution in [0.2, 0.25) is 0 Å². The van der Waals surface area contributed by atoms with Crippen LogP contribution in [0, 0.1) is 0 Å². The predicted octanol–water partition coefficient (Wildman–Crippen LogP) is 1.32. The molecule has 3 aromatic rings. The lowest BCUT2D eigenvalue weighted by atomic mass is 10.2. The number of aromatic amines is 1. The van der Waals surface area contributed by atoms with Gasteiger partial charge in [-0.25, -0.2) is 4.98 Å². The second kappa shape index (κ2) is 5.68. The van der Waals surface area contributed by atoms with Crippen molar-refractivity contribution in [1.82, 2.24) is 25.1 Å². The molecule has 116 valence electrons. The SMILES string of the molecule is O=C(c1n[nH]c2ccccc12)N1CCN(c2cnccn2)CC1. The normalized spacial score (nSPS) is 15.1. The third-order valence-corrected chi connectivity index (χ3v) is 4.11. The van der Waals surface area contributed by atoms with E-state index in [1.165, 1.54) is 0 Å². The van der Waals surface area contributed by atoms with Gasteiger partial charge in [0.15, 0.2) is 5.69 Å². The monoisotopic (exact) mass is 308 g/mol. The summed E-state index contributed by atoms with van der Waals surface area (Å²) >= 11 is 0. The fourth-order valence-corrected chi connectivity index (χ4v) is 2.87. The Labute approximate surface area is 133 Å². The third-order valence-electron chi connectivity index (χ3n) is 4.11. The molecule has 0 atom stereocenters. The Kier molecular flexibility index (Phi) is 3.38. The van der Waals surface area contributed by atoms with E-state index in [9.17, 15) is 4.79 Å². The number of rotatable bonds is 2. The first kappa shape index (κ1) is 13.7. The van der Waals surface area contributed by atoms with Gasteiger partial charge < -0.3 is 9.80 Å². The standard InChI is InChI=1S/C16H16N6O/c23-16(15-12-3-1-2-4-13(12)19-20-15)22-9-7-21(8-10-22)14-11-17-5-6-18-14/h1-6,11H,7-10H2,(H,19,20). The summed E-state index contributed by atoms with van der Waals surface area (Å²) in [6.07, 6.45) is 5.09. The highest BCUT2D eigenvalue weighted by Crippen LogP contribution is 2.18. The van der Waals surface area contributed by atoms with E-state index in [1.54, 1.807) is 18.6 Å². The number of piperazine rings is 1. The maximum absolute atomic E-state index is 12.7. The van der Waals surface area contributed by atoms with Gasteiger partial charge >= 0.3 is 0 Å². The summed E-state index contributed by atoms with van der Waals surface area (Å²) in [5.74, 6) is 0.825. The van der Waals surface area contributed by atoms with E-state index in [0.29, 0.717) is 18.8 Å². The van der Waals surface area contributed by atoms with Crippen molar-refractivity contribution in [2.24, 2.45) is 0 Å². The number of carbonyl (C=O) groups excluding carboxylic acids is 1. The van der Waals surface area contributed by atoms with Crippen LogP contribution < -0.4 is 4.90 Å². The van der Waals surface area contributed by atoms with Crippen LogP contribution in [0.4, 0.5) is 5.82 Å². The molecule has 0 spiro atoms. The molecule has 0 unspecified atom stereocenters. The molecule has 7 nitrogen and oxygen atoms in total. The van der Waals surface area contributed by atoms with Crippen molar-refractivity contribution in [3.8, 4) is 0 Å². The number of para-hydroxylation sites is 1. The zero-order chi connectivity index (χ0) is 15.6. The topological polar surface area (TPSA) is 78.0 Å². The van der Waals surface area contributed by atoms with E-state index in [0.717, 1.165) is 29.8 Å². The molecule has 1 fully saturated rings. The number of hydrogen-bond acceptors (Lipinski definition) is 5. The average Bonchev–Trinajstić information content (AvgIpc) is 3.06. The number of benzene rings is 1. The zero-order valence-electron chi connectivity index (χ0n) is 12.5. The van der Waals surface area contributed by atoms with E-state index < -0.39 is 0 Å². The molecule has 1 amide bonds. The van der Waals surface area contributed by atoms with Crippen LogP contribution in [0.1, 0.15) is 10.5 Å². The summed E-state index contributed by atoms with van der Waals surface area (Å²) < 4.78 is 0. The predicted molar refractivity (Wildman–Crippen MR) is 86.2 cm³/mol. The smallest absolute Gasteiger partial charge is 0.275 e. The Morgan fingerprint density at radius 3 is 2.70 bits per heavy atom. The lowest BCUT2D eigenvalue weighted by Crippen LogP contribution is -2.49. The summed E-state index contributed by atoms with van der Waals surface area (Å²) in [4.78, 5) is 25.1. The molecule has 1 saturated heterocycles. The molecule has 1 N–H and O–H groups in total. The highest BCUT2D eigenvalue weighted by atomic mass is 16.2. The van der Waals surface area contributed by atoms with Crippen molar-refractivity contribution < 1.29 is 4.79 Å². The van der Waals surface area contributed by atoms with Crippen molar-refractivity contribution >= 4 is 22.6 Å². The van der Waals surface area contributed by atoms with E-state index in [2.05, 4.69) is 25.1 Å². The molecule has 7 heteroatoms. The maximum atomic E-state index is 12.7. The Hall–Kier alpha value is -2.96.